The first-order valence-electron chi connectivity index (χ1n) is 5.41. The van der Waals surface area contributed by atoms with Crippen molar-refractivity contribution in [1.29, 1.82) is 0 Å². The van der Waals surface area contributed by atoms with Gasteiger partial charge in [0.05, 0.1) is 11.6 Å². The number of carboxylic acids is 1. The molecule has 0 aromatic carbocycles. The van der Waals surface area contributed by atoms with E-state index in [9.17, 15) is 4.79 Å². The summed E-state index contributed by atoms with van der Waals surface area (Å²) < 4.78 is 0. The molecule has 16 heavy (non-hydrogen) atoms. The molecule has 4 nitrogen and oxygen atoms in total. The largest absolute Gasteiger partial charge is 0.481 e. The second kappa shape index (κ2) is 4.05. The molecule has 88 valence electrons. The van der Waals surface area contributed by atoms with Gasteiger partial charge in [0.15, 0.2) is 5.13 Å². The second-order valence-electron chi connectivity index (χ2n) is 4.47. The monoisotopic (exact) mass is 240 g/mol. The Kier molecular flexibility index (Phi) is 2.88. The number of thiazole rings is 1. The van der Waals surface area contributed by atoms with Crippen LogP contribution < -0.4 is 4.90 Å². The molecule has 1 aromatic heterocycles. The van der Waals surface area contributed by atoms with E-state index in [1.807, 2.05) is 20.8 Å². The first kappa shape index (κ1) is 11.4. The highest BCUT2D eigenvalue weighted by Crippen LogP contribution is 2.32. The van der Waals surface area contributed by atoms with Crippen LogP contribution in [0.15, 0.2) is 0 Å². The highest BCUT2D eigenvalue weighted by atomic mass is 32.1. The average Bonchev–Trinajstić information content (AvgIpc) is 2.71. The average molecular weight is 240 g/mol. The van der Waals surface area contributed by atoms with Crippen molar-refractivity contribution in [2.45, 2.75) is 20.8 Å². The van der Waals surface area contributed by atoms with Crippen LogP contribution >= 0.6 is 11.3 Å². The molecule has 2 atom stereocenters. The quantitative estimate of drug-likeness (QED) is 0.858. The number of carboxylic acid groups (broad SMARTS) is 1. The zero-order chi connectivity index (χ0) is 11.9. The number of rotatable bonds is 2. The van der Waals surface area contributed by atoms with E-state index in [-0.39, 0.29) is 11.8 Å². The minimum Gasteiger partial charge on any atom is -0.481 e. The van der Waals surface area contributed by atoms with Gasteiger partial charge in [-0.2, -0.15) is 0 Å². The van der Waals surface area contributed by atoms with Gasteiger partial charge < -0.3 is 10.0 Å². The number of hydrogen-bond donors (Lipinski definition) is 1. The zero-order valence-electron chi connectivity index (χ0n) is 9.73. The van der Waals surface area contributed by atoms with Gasteiger partial charge in [0.25, 0.3) is 0 Å². The lowest BCUT2D eigenvalue weighted by atomic mass is 9.99. The summed E-state index contributed by atoms with van der Waals surface area (Å²) in [6, 6.07) is 0. The van der Waals surface area contributed by atoms with Crippen LogP contribution in [-0.2, 0) is 4.79 Å². The van der Waals surface area contributed by atoms with Crippen LogP contribution in [0.4, 0.5) is 5.13 Å². The Bertz CT molecular complexity index is 397. The van der Waals surface area contributed by atoms with Crippen LogP contribution in [0.2, 0.25) is 0 Å². The van der Waals surface area contributed by atoms with Crippen molar-refractivity contribution in [2.24, 2.45) is 11.8 Å². The van der Waals surface area contributed by atoms with Crippen molar-refractivity contribution >= 4 is 22.4 Å². The maximum Gasteiger partial charge on any atom is 0.308 e. The molecule has 1 saturated heterocycles. The highest BCUT2D eigenvalue weighted by Gasteiger charge is 2.35. The van der Waals surface area contributed by atoms with E-state index in [0.29, 0.717) is 6.54 Å². The number of aromatic nitrogens is 1. The molecule has 0 aliphatic carbocycles. The predicted molar refractivity (Wildman–Crippen MR) is 64.1 cm³/mol. The summed E-state index contributed by atoms with van der Waals surface area (Å²) in [6.07, 6.45) is 0. The standard InChI is InChI=1S/C11H16N2O2S/c1-6-4-13(5-9(6)10(14)15)11-12-7(2)8(3)16-11/h6,9H,4-5H2,1-3H3,(H,14,15)/t6-,9-/m1/s1. The van der Waals surface area contributed by atoms with Crippen LogP contribution in [-0.4, -0.2) is 29.1 Å². The molecule has 0 amide bonds. The Morgan fingerprint density at radius 2 is 2.19 bits per heavy atom. The van der Waals surface area contributed by atoms with Gasteiger partial charge in [-0.05, 0) is 19.8 Å². The van der Waals surface area contributed by atoms with E-state index in [2.05, 4.69) is 9.88 Å². The van der Waals surface area contributed by atoms with Crippen molar-refractivity contribution in [2.75, 3.05) is 18.0 Å². The van der Waals surface area contributed by atoms with Gasteiger partial charge in [0, 0.05) is 18.0 Å². The summed E-state index contributed by atoms with van der Waals surface area (Å²) in [5.41, 5.74) is 1.05. The summed E-state index contributed by atoms with van der Waals surface area (Å²) in [7, 11) is 0. The van der Waals surface area contributed by atoms with Crippen molar-refractivity contribution in [3.8, 4) is 0 Å². The summed E-state index contributed by atoms with van der Waals surface area (Å²) in [4.78, 5) is 18.8. The lowest BCUT2D eigenvalue weighted by Gasteiger charge is -2.13. The Balaban J connectivity index is 2.16. The summed E-state index contributed by atoms with van der Waals surface area (Å²) in [5.74, 6) is -0.758. The van der Waals surface area contributed by atoms with Crippen molar-refractivity contribution in [1.82, 2.24) is 4.98 Å². The smallest absolute Gasteiger partial charge is 0.308 e. The fourth-order valence-electron chi connectivity index (χ4n) is 2.04. The molecule has 5 heteroatoms. The van der Waals surface area contributed by atoms with Gasteiger partial charge in [0.2, 0.25) is 0 Å². The second-order valence-corrected chi connectivity index (χ2v) is 5.65. The number of nitrogens with zero attached hydrogens (tertiary/aromatic N) is 2. The third-order valence-corrected chi connectivity index (χ3v) is 4.35. The Hall–Kier alpha value is -1.10. The molecular weight excluding hydrogens is 224 g/mol. The molecule has 1 aromatic rings. The first-order valence-corrected chi connectivity index (χ1v) is 6.22. The molecule has 0 unspecified atom stereocenters. The molecule has 0 spiro atoms. The van der Waals surface area contributed by atoms with Crippen molar-refractivity contribution < 1.29 is 9.90 Å². The number of hydrogen-bond acceptors (Lipinski definition) is 4. The molecule has 1 fully saturated rings. The van der Waals surface area contributed by atoms with Gasteiger partial charge in [0.1, 0.15) is 0 Å². The lowest BCUT2D eigenvalue weighted by Crippen LogP contribution is -2.22. The van der Waals surface area contributed by atoms with Crippen LogP contribution in [0.3, 0.4) is 0 Å². The summed E-state index contributed by atoms with van der Waals surface area (Å²) in [6.45, 7) is 7.41. The predicted octanol–water partition coefficient (Wildman–Crippen LogP) is 1.92. The fraction of sp³-hybridized carbons (Fsp3) is 0.636. The molecule has 2 heterocycles. The van der Waals surface area contributed by atoms with Gasteiger partial charge in [-0.15, -0.1) is 11.3 Å². The number of anilines is 1. The minimum absolute atomic E-state index is 0.196. The van der Waals surface area contributed by atoms with Gasteiger partial charge in [-0.3, -0.25) is 4.79 Å². The van der Waals surface area contributed by atoms with Gasteiger partial charge in [-0.1, -0.05) is 6.92 Å². The van der Waals surface area contributed by atoms with Crippen LogP contribution in [0.25, 0.3) is 0 Å². The van der Waals surface area contributed by atoms with Crippen LogP contribution in [0, 0.1) is 25.7 Å². The van der Waals surface area contributed by atoms with Crippen molar-refractivity contribution in [3.63, 3.8) is 0 Å². The third-order valence-electron chi connectivity index (χ3n) is 3.22. The fourth-order valence-corrected chi connectivity index (χ4v) is 2.96. The molecule has 0 bridgehead atoms. The van der Waals surface area contributed by atoms with E-state index in [4.69, 9.17) is 5.11 Å². The van der Waals surface area contributed by atoms with E-state index < -0.39 is 5.97 Å². The Labute approximate surface area is 98.9 Å². The topological polar surface area (TPSA) is 53.4 Å². The summed E-state index contributed by atoms with van der Waals surface area (Å²) in [5, 5.41) is 10.0. The van der Waals surface area contributed by atoms with Crippen molar-refractivity contribution in [3.05, 3.63) is 10.6 Å². The highest BCUT2D eigenvalue weighted by molar-refractivity contribution is 7.15. The molecule has 1 N–H and O–H groups in total. The number of aryl methyl sites for hydroxylation is 2. The summed E-state index contributed by atoms with van der Waals surface area (Å²) >= 11 is 1.65. The maximum absolute atomic E-state index is 11.0. The molecule has 1 aliphatic rings. The zero-order valence-corrected chi connectivity index (χ0v) is 10.5. The first-order chi connectivity index (χ1) is 7.49. The van der Waals surface area contributed by atoms with E-state index in [0.717, 1.165) is 17.4 Å². The Morgan fingerprint density at radius 1 is 1.50 bits per heavy atom. The Morgan fingerprint density at radius 3 is 2.62 bits per heavy atom. The molecule has 0 radical (unpaired) electrons. The normalized spacial score (nSPS) is 25.1. The van der Waals surface area contributed by atoms with Gasteiger partial charge >= 0.3 is 5.97 Å². The minimum atomic E-state index is -0.694. The third kappa shape index (κ3) is 1.91. The molecule has 0 saturated carbocycles. The van der Waals surface area contributed by atoms with E-state index in [1.165, 1.54) is 4.88 Å². The van der Waals surface area contributed by atoms with Crippen LogP contribution in [0.1, 0.15) is 17.5 Å². The van der Waals surface area contributed by atoms with Gasteiger partial charge in [-0.25, -0.2) is 4.98 Å². The molecular formula is C11H16N2O2S. The van der Waals surface area contributed by atoms with Crippen LogP contribution in [0.5, 0.6) is 0 Å². The SMILES string of the molecule is Cc1nc(N2C[C@@H](C)[C@H](C(=O)O)C2)sc1C. The maximum atomic E-state index is 11.0. The van der Waals surface area contributed by atoms with E-state index in [1.54, 1.807) is 11.3 Å². The number of aliphatic carboxylic acids is 1. The molecule has 1 aliphatic heterocycles. The number of carbonyl (C=O) groups is 1. The lowest BCUT2D eigenvalue weighted by molar-refractivity contribution is -0.142. The van der Waals surface area contributed by atoms with E-state index >= 15 is 0 Å². The molecule has 2 rings (SSSR count).